The van der Waals surface area contributed by atoms with Gasteiger partial charge in [0.2, 0.25) is 0 Å². The first kappa shape index (κ1) is 12.1. The summed E-state index contributed by atoms with van der Waals surface area (Å²) in [5, 5.41) is 9.42. The fourth-order valence-electron chi connectivity index (χ4n) is 1.63. The van der Waals surface area contributed by atoms with Gasteiger partial charge in [-0.3, -0.25) is 0 Å². The van der Waals surface area contributed by atoms with E-state index >= 15 is 0 Å². The van der Waals surface area contributed by atoms with Crippen molar-refractivity contribution in [2.45, 2.75) is 32.8 Å². The summed E-state index contributed by atoms with van der Waals surface area (Å²) in [5.41, 5.74) is 0.462. The van der Waals surface area contributed by atoms with Crippen LogP contribution in [0.15, 0.2) is 18.2 Å². The Morgan fingerprint density at radius 3 is 2.47 bits per heavy atom. The minimum atomic E-state index is -0.568. The Morgan fingerprint density at radius 1 is 1.33 bits per heavy atom. The van der Waals surface area contributed by atoms with Gasteiger partial charge in [-0.05, 0) is 30.9 Å². The van der Waals surface area contributed by atoms with Gasteiger partial charge < -0.3 is 5.11 Å². The molecule has 1 aromatic carbocycles. The first-order chi connectivity index (χ1) is 7.04. The third kappa shape index (κ3) is 3.27. The summed E-state index contributed by atoms with van der Waals surface area (Å²) in [6.07, 6.45) is 0.744. The van der Waals surface area contributed by atoms with E-state index in [0.717, 1.165) is 12.5 Å². The third-order valence-corrected chi connectivity index (χ3v) is 2.70. The molecule has 0 saturated carbocycles. The zero-order valence-electron chi connectivity index (χ0n) is 9.00. The average Bonchev–Trinajstić information content (AvgIpc) is 2.16. The Bertz CT molecular complexity index is 323. The minimum absolute atomic E-state index is 0.0185. The SMILES string of the molecule is CCC(Cc1ccc(F)cc1F)C(C)O. The predicted octanol–water partition coefficient (Wildman–Crippen LogP) is 2.91. The molecule has 0 aliphatic rings. The number of halogens is 2. The van der Waals surface area contributed by atoms with Gasteiger partial charge in [-0.1, -0.05) is 19.4 Å². The van der Waals surface area contributed by atoms with Gasteiger partial charge in [0, 0.05) is 6.07 Å². The van der Waals surface area contributed by atoms with E-state index in [9.17, 15) is 13.9 Å². The fraction of sp³-hybridized carbons (Fsp3) is 0.500. The molecule has 0 aliphatic heterocycles. The van der Waals surface area contributed by atoms with Crippen LogP contribution in [-0.4, -0.2) is 11.2 Å². The van der Waals surface area contributed by atoms with Crippen molar-refractivity contribution in [2.24, 2.45) is 5.92 Å². The van der Waals surface area contributed by atoms with E-state index in [1.165, 1.54) is 12.1 Å². The maximum atomic E-state index is 13.3. The first-order valence-electron chi connectivity index (χ1n) is 5.16. The van der Waals surface area contributed by atoms with Crippen molar-refractivity contribution in [1.82, 2.24) is 0 Å². The molecule has 0 heterocycles. The molecule has 1 aromatic rings. The van der Waals surface area contributed by atoms with E-state index in [0.29, 0.717) is 12.0 Å². The highest BCUT2D eigenvalue weighted by molar-refractivity contribution is 5.19. The Hall–Kier alpha value is -0.960. The summed E-state index contributed by atoms with van der Waals surface area (Å²) in [6, 6.07) is 3.56. The van der Waals surface area contributed by atoms with Crippen LogP contribution in [0.25, 0.3) is 0 Å². The molecule has 1 N–H and O–H groups in total. The molecule has 15 heavy (non-hydrogen) atoms. The summed E-state index contributed by atoms with van der Waals surface area (Å²) in [6.45, 7) is 3.63. The smallest absolute Gasteiger partial charge is 0.129 e. The number of benzene rings is 1. The van der Waals surface area contributed by atoms with Crippen LogP contribution in [0.1, 0.15) is 25.8 Å². The number of rotatable bonds is 4. The number of hydrogen-bond donors (Lipinski definition) is 1. The Labute approximate surface area is 88.7 Å². The van der Waals surface area contributed by atoms with Crippen LogP contribution in [0.3, 0.4) is 0 Å². The van der Waals surface area contributed by atoms with Gasteiger partial charge >= 0.3 is 0 Å². The number of aliphatic hydroxyl groups excluding tert-OH is 1. The molecule has 2 unspecified atom stereocenters. The lowest BCUT2D eigenvalue weighted by Crippen LogP contribution is -2.18. The summed E-state index contributed by atoms with van der Waals surface area (Å²) < 4.78 is 25.9. The second-order valence-corrected chi connectivity index (χ2v) is 3.85. The van der Waals surface area contributed by atoms with E-state index in [1.807, 2.05) is 6.92 Å². The molecule has 0 saturated heterocycles. The van der Waals surface area contributed by atoms with E-state index < -0.39 is 17.7 Å². The van der Waals surface area contributed by atoms with Crippen LogP contribution in [0, 0.1) is 17.6 Å². The average molecular weight is 214 g/mol. The second-order valence-electron chi connectivity index (χ2n) is 3.85. The van der Waals surface area contributed by atoms with Gasteiger partial charge in [0.15, 0.2) is 0 Å². The fourth-order valence-corrected chi connectivity index (χ4v) is 1.63. The van der Waals surface area contributed by atoms with Gasteiger partial charge in [0.1, 0.15) is 11.6 Å². The zero-order chi connectivity index (χ0) is 11.4. The zero-order valence-corrected chi connectivity index (χ0v) is 9.00. The maximum Gasteiger partial charge on any atom is 0.129 e. The van der Waals surface area contributed by atoms with Gasteiger partial charge in [-0.25, -0.2) is 8.78 Å². The molecule has 0 spiro atoms. The van der Waals surface area contributed by atoms with Crippen molar-refractivity contribution in [3.8, 4) is 0 Å². The van der Waals surface area contributed by atoms with E-state index in [4.69, 9.17) is 0 Å². The van der Waals surface area contributed by atoms with Gasteiger partial charge in [0.05, 0.1) is 6.10 Å². The largest absolute Gasteiger partial charge is 0.393 e. The molecular weight excluding hydrogens is 198 g/mol. The van der Waals surface area contributed by atoms with E-state index in [1.54, 1.807) is 6.92 Å². The number of hydrogen-bond acceptors (Lipinski definition) is 1. The Balaban J connectivity index is 2.79. The predicted molar refractivity (Wildman–Crippen MR) is 55.5 cm³/mol. The summed E-state index contributed by atoms with van der Waals surface area (Å²) in [5.74, 6) is -1.08. The monoisotopic (exact) mass is 214 g/mol. The highest BCUT2D eigenvalue weighted by atomic mass is 19.1. The van der Waals surface area contributed by atoms with Crippen LogP contribution in [0.2, 0.25) is 0 Å². The molecule has 2 atom stereocenters. The Morgan fingerprint density at radius 2 is 2.00 bits per heavy atom. The minimum Gasteiger partial charge on any atom is -0.393 e. The number of aliphatic hydroxyl groups is 1. The molecular formula is C12H16F2O. The highest BCUT2D eigenvalue weighted by Crippen LogP contribution is 2.19. The summed E-state index contributed by atoms with van der Waals surface area (Å²) in [4.78, 5) is 0. The molecule has 0 fully saturated rings. The topological polar surface area (TPSA) is 20.2 Å². The molecule has 0 aliphatic carbocycles. The molecule has 3 heteroatoms. The van der Waals surface area contributed by atoms with Crippen LogP contribution in [0.5, 0.6) is 0 Å². The van der Waals surface area contributed by atoms with E-state index in [-0.39, 0.29) is 5.92 Å². The van der Waals surface area contributed by atoms with Crippen molar-refractivity contribution in [3.05, 3.63) is 35.4 Å². The van der Waals surface area contributed by atoms with Crippen molar-refractivity contribution in [3.63, 3.8) is 0 Å². The lowest BCUT2D eigenvalue weighted by Gasteiger charge is -2.18. The van der Waals surface area contributed by atoms with Crippen molar-refractivity contribution < 1.29 is 13.9 Å². The second kappa shape index (κ2) is 5.21. The summed E-state index contributed by atoms with van der Waals surface area (Å²) >= 11 is 0. The first-order valence-corrected chi connectivity index (χ1v) is 5.16. The van der Waals surface area contributed by atoms with Gasteiger partial charge in [-0.15, -0.1) is 0 Å². The Kier molecular flexibility index (Phi) is 4.21. The van der Waals surface area contributed by atoms with Crippen LogP contribution in [-0.2, 0) is 6.42 Å². The van der Waals surface area contributed by atoms with Crippen LogP contribution >= 0.6 is 0 Å². The third-order valence-electron chi connectivity index (χ3n) is 2.70. The molecule has 84 valence electrons. The molecule has 1 rings (SSSR count). The summed E-state index contributed by atoms with van der Waals surface area (Å²) in [7, 11) is 0. The quantitative estimate of drug-likeness (QED) is 0.817. The highest BCUT2D eigenvalue weighted by Gasteiger charge is 2.15. The van der Waals surface area contributed by atoms with E-state index in [2.05, 4.69) is 0 Å². The normalized spacial score (nSPS) is 15.0. The van der Waals surface area contributed by atoms with Crippen LogP contribution < -0.4 is 0 Å². The van der Waals surface area contributed by atoms with Crippen molar-refractivity contribution >= 4 is 0 Å². The van der Waals surface area contributed by atoms with Crippen molar-refractivity contribution in [2.75, 3.05) is 0 Å². The molecule has 0 aromatic heterocycles. The van der Waals surface area contributed by atoms with Gasteiger partial charge in [0.25, 0.3) is 0 Å². The van der Waals surface area contributed by atoms with Crippen molar-refractivity contribution in [1.29, 1.82) is 0 Å². The van der Waals surface area contributed by atoms with Crippen LogP contribution in [0.4, 0.5) is 8.78 Å². The van der Waals surface area contributed by atoms with Gasteiger partial charge in [-0.2, -0.15) is 0 Å². The molecule has 0 radical (unpaired) electrons. The lowest BCUT2D eigenvalue weighted by atomic mass is 9.92. The molecule has 1 nitrogen and oxygen atoms in total. The lowest BCUT2D eigenvalue weighted by molar-refractivity contribution is 0.122. The maximum absolute atomic E-state index is 13.3. The molecule has 0 bridgehead atoms. The molecule has 0 amide bonds. The standard InChI is InChI=1S/C12H16F2O/c1-3-9(8(2)15)6-10-4-5-11(13)7-12(10)14/h4-5,7-9,15H,3,6H2,1-2H3.